The van der Waals surface area contributed by atoms with Crippen molar-refractivity contribution in [2.24, 2.45) is 5.41 Å². The lowest BCUT2D eigenvalue weighted by Gasteiger charge is -2.41. The molecule has 0 radical (unpaired) electrons. The number of methoxy groups -OCH3 is 1. The van der Waals surface area contributed by atoms with Gasteiger partial charge in [-0.25, -0.2) is 4.79 Å². The van der Waals surface area contributed by atoms with Gasteiger partial charge in [0.2, 0.25) is 0 Å². The Bertz CT molecular complexity index is 847. The first-order valence-electron chi connectivity index (χ1n) is 10.7. The lowest BCUT2D eigenvalue weighted by atomic mass is 9.70. The van der Waals surface area contributed by atoms with Crippen LogP contribution < -0.4 is 0 Å². The van der Waals surface area contributed by atoms with Crippen molar-refractivity contribution in [3.8, 4) is 0 Å². The standard InChI is InChI=1S/C24H34ClNO4/c1-15-12-16-17(13-19(15)25)24(14-18(16)23(5,6)20(27)29-7)8-10-26(11-9-24)21(28)30-22(2,3)4/h12-13,18H,8-11,14H2,1-7H3/t18-/m1/s1. The van der Waals surface area contributed by atoms with E-state index in [9.17, 15) is 9.59 Å². The van der Waals surface area contributed by atoms with E-state index in [2.05, 4.69) is 12.1 Å². The molecule has 0 unspecified atom stereocenters. The number of esters is 1. The van der Waals surface area contributed by atoms with Gasteiger partial charge in [0, 0.05) is 24.0 Å². The fraction of sp³-hybridized carbons (Fsp3) is 0.667. The van der Waals surface area contributed by atoms with E-state index in [1.165, 1.54) is 18.2 Å². The summed E-state index contributed by atoms with van der Waals surface area (Å²) in [5.74, 6) is -0.154. The summed E-state index contributed by atoms with van der Waals surface area (Å²) < 4.78 is 10.7. The first kappa shape index (κ1) is 22.9. The molecule has 166 valence electrons. The zero-order chi connectivity index (χ0) is 22.5. The molecule has 0 N–H and O–H groups in total. The number of hydrogen-bond donors (Lipinski definition) is 0. The second kappa shape index (κ2) is 7.74. The highest BCUT2D eigenvalue weighted by Gasteiger charge is 2.52. The van der Waals surface area contributed by atoms with Crippen molar-refractivity contribution in [1.82, 2.24) is 4.90 Å². The Kier molecular flexibility index (Phi) is 5.92. The molecule has 1 atom stereocenters. The molecule has 1 heterocycles. The fourth-order valence-corrected chi connectivity index (χ4v) is 5.19. The highest BCUT2D eigenvalue weighted by atomic mass is 35.5. The number of ether oxygens (including phenoxy) is 2. The Morgan fingerprint density at radius 1 is 1.13 bits per heavy atom. The van der Waals surface area contributed by atoms with Gasteiger partial charge >= 0.3 is 12.1 Å². The molecule has 1 saturated heterocycles. The number of halogens is 1. The van der Waals surface area contributed by atoms with E-state index >= 15 is 0 Å². The van der Waals surface area contributed by atoms with Crippen LogP contribution in [0.1, 0.15) is 76.5 Å². The van der Waals surface area contributed by atoms with Crippen LogP contribution in [0.3, 0.4) is 0 Å². The van der Waals surface area contributed by atoms with Crippen LogP contribution in [-0.4, -0.2) is 42.8 Å². The normalized spacial score (nSPS) is 20.8. The van der Waals surface area contributed by atoms with Crippen molar-refractivity contribution in [3.05, 3.63) is 33.8 Å². The van der Waals surface area contributed by atoms with Crippen molar-refractivity contribution in [1.29, 1.82) is 0 Å². The topological polar surface area (TPSA) is 55.8 Å². The second-order valence-corrected chi connectivity index (χ2v) is 10.8. The quantitative estimate of drug-likeness (QED) is 0.567. The van der Waals surface area contributed by atoms with Crippen molar-refractivity contribution in [2.45, 2.75) is 77.7 Å². The van der Waals surface area contributed by atoms with Gasteiger partial charge in [-0.2, -0.15) is 0 Å². The minimum Gasteiger partial charge on any atom is -0.469 e. The number of piperidine rings is 1. The van der Waals surface area contributed by atoms with Crippen LogP contribution in [0.2, 0.25) is 5.02 Å². The summed E-state index contributed by atoms with van der Waals surface area (Å²) in [6.07, 6.45) is 2.24. The number of fused-ring (bicyclic) bond motifs is 2. The number of aryl methyl sites for hydroxylation is 1. The minimum absolute atomic E-state index is 0.0454. The Labute approximate surface area is 185 Å². The second-order valence-electron chi connectivity index (χ2n) is 10.4. The Morgan fingerprint density at radius 3 is 2.27 bits per heavy atom. The third kappa shape index (κ3) is 4.05. The van der Waals surface area contributed by atoms with Gasteiger partial charge in [-0.05, 0) is 89.0 Å². The SMILES string of the molecule is COC(=O)C(C)(C)[C@@H]1CC2(CCN(C(=O)OC(C)(C)C)CC2)c2cc(Cl)c(C)cc21. The van der Waals surface area contributed by atoms with Gasteiger partial charge in [-0.3, -0.25) is 4.79 Å². The molecule has 1 aromatic carbocycles. The maximum absolute atomic E-state index is 12.6. The average Bonchev–Trinajstić information content (AvgIpc) is 2.94. The van der Waals surface area contributed by atoms with Crippen LogP contribution in [0.4, 0.5) is 4.79 Å². The van der Waals surface area contributed by atoms with E-state index in [4.69, 9.17) is 21.1 Å². The highest BCUT2D eigenvalue weighted by Crippen LogP contribution is 2.58. The predicted octanol–water partition coefficient (Wildman–Crippen LogP) is 5.60. The van der Waals surface area contributed by atoms with Crippen LogP contribution in [0.25, 0.3) is 0 Å². The van der Waals surface area contributed by atoms with E-state index in [1.54, 1.807) is 4.90 Å². The molecule has 3 rings (SSSR count). The number of rotatable bonds is 2. The smallest absolute Gasteiger partial charge is 0.410 e. The number of hydrogen-bond acceptors (Lipinski definition) is 4. The molecule has 1 aliphatic heterocycles. The third-order valence-electron chi connectivity index (χ3n) is 6.83. The Balaban J connectivity index is 1.92. The number of carbonyl (C=O) groups is 2. The van der Waals surface area contributed by atoms with E-state index in [0.29, 0.717) is 13.1 Å². The van der Waals surface area contributed by atoms with Gasteiger partial charge in [0.05, 0.1) is 12.5 Å². The minimum atomic E-state index is -0.643. The summed E-state index contributed by atoms with van der Waals surface area (Å²) in [4.78, 5) is 26.9. The lowest BCUT2D eigenvalue weighted by molar-refractivity contribution is -0.152. The van der Waals surface area contributed by atoms with Gasteiger partial charge in [0.1, 0.15) is 5.60 Å². The number of nitrogens with zero attached hydrogens (tertiary/aromatic N) is 1. The molecule has 6 heteroatoms. The number of benzene rings is 1. The molecule has 0 aromatic heterocycles. The van der Waals surface area contributed by atoms with Gasteiger partial charge in [0.25, 0.3) is 0 Å². The maximum atomic E-state index is 12.6. The summed E-state index contributed by atoms with van der Waals surface area (Å²) in [5, 5.41) is 0.749. The summed E-state index contributed by atoms with van der Waals surface area (Å²) in [5.41, 5.74) is 2.19. The van der Waals surface area contributed by atoms with E-state index in [-0.39, 0.29) is 23.4 Å². The van der Waals surface area contributed by atoms with Crippen molar-refractivity contribution in [3.63, 3.8) is 0 Å². The zero-order valence-electron chi connectivity index (χ0n) is 19.2. The number of amides is 1. The van der Waals surface area contributed by atoms with Crippen LogP contribution >= 0.6 is 11.6 Å². The molecule has 30 heavy (non-hydrogen) atoms. The van der Waals surface area contributed by atoms with E-state index < -0.39 is 11.0 Å². The third-order valence-corrected chi connectivity index (χ3v) is 7.23. The number of likely N-dealkylation sites (tertiary alicyclic amines) is 1. The first-order chi connectivity index (χ1) is 13.8. The monoisotopic (exact) mass is 435 g/mol. The molecule has 1 fully saturated rings. The van der Waals surface area contributed by atoms with Crippen molar-refractivity contribution >= 4 is 23.7 Å². The molecule has 1 aromatic rings. The number of carbonyl (C=O) groups excluding carboxylic acids is 2. The molecule has 1 spiro atoms. The predicted molar refractivity (Wildman–Crippen MR) is 118 cm³/mol. The van der Waals surface area contributed by atoms with Crippen molar-refractivity contribution in [2.75, 3.05) is 20.2 Å². The van der Waals surface area contributed by atoms with Gasteiger partial charge in [-0.1, -0.05) is 17.7 Å². The maximum Gasteiger partial charge on any atom is 0.410 e. The van der Waals surface area contributed by atoms with E-state index in [0.717, 1.165) is 29.8 Å². The summed E-state index contributed by atoms with van der Waals surface area (Å²) in [6.45, 7) is 12.8. The van der Waals surface area contributed by atoms with E-state index in [1.807, 2.05) is 41.5 Å². The van der Waals surface area contributed by atoms with Crippen LogP contribution in [0, 0.1) is 12.3 Å². The summed E-state index contributed by atoms with van der Waals surface area (Å²) in [6, 6.07) is 4.23. The molecule has 1 aliphatic carbocycles. The molecule has 0 saturated carbocycles. The van der Waals surface area contributed by atoms with Crippen molar-refractivity contribution < 1.29 is 19.1 Å². The lowest BCUT2D eigenvalue weighted by Crippen LogP contribution is -2.46. The van der Waals surface area contributed by atoms with Crippen LogP contribution in [-0.2, 0) is 19.7 Å². The molecule has 5 nitrogen and oxygen atoms in total. The molecular formula is C24H34ClNO4. The van der Waals surface area contributed by atoms with Gasteiger partial charge < -0.3 is 14.4 Å². The molecule has 0 bridgehead atoms. The highest BCUT2D eigenvalue weighted by molar-refractivity contribution is 6.31. The van der Waals surface area contributed by atoms with Gasteiger partial charge in [-0.15, -0.1) is 0 Å². The molecular weight excluding hydrogens is 402 g/mol. The summed E-state index contributed by atoms with van der Waals surface area (Å²) >= 11 is 6.52. The van der Waals surface area contributed by atoms with Crippen LogP contribution in [0.5, 0.6) is 0 Å². The summed E-state index contributed by atoms with van der Waals surface area (Å²) in [7, 11) is 1.45. The Morgan fingerprint density at radius 2 is 1.73 bits per heavy atom. The Hall–Kier alpha value is -1.75. The van der Waals surface area contributed by atoms with Gasteiger partial charge in [0.15, 0.2) is 0 Å². The zero-order valence-corrected chi connectivity index (χ0v) is 20.0. The first-order valence-corrected chi connectivity index (χ1v) is 11.1. The average molecular weight is 436 g/mol. The molecule has 1 amide bonds. The van der Waals surface area contributed by atoms with Crippen LogP contribution in [0.15, 0.2) is 12.1 Å². The largest absolute Gasteiger partial charge is 0.469 e. The fourth-order valence-electron chi connectivity index (χ4n) is 5.03. The molecule has 2 aliphatic rings.